The standard InChI is InChI=1S/C14H17NO5/c16-12(15-11(14(19)20)9-13(17)18)8-4-7-10-5-2-1-3-6-10/h1-3,5-6,11H,4,7-9H2,(H,15,16)(H,17,18)(H,19,20)/t11-/m1/s1. The third-order valence-electron chi connectivity index (χ3n) is 2.72. The molecule has 108 valence electrons. The lowest BCUT2D eigenvalue weighted by molar-refractivity contribution is -0.147. The monoisotopic (exact) mass is 279 g/mol. The number of carboxylic acids is 2. The van der Waals surface area contributed by atoms with Crippen molar-refractivity contribution in [2.45, 2.75) is 31.7 Å². The van der Waals surface area contributed by atoms with Crippen LogP contribution in [0.15, 0.2) is 30.3 Å². The number of benzene rings is 1. The van der Waals surface area contributed by atoms with Gasteiger partial charge in [0.2, 0.25) is 5.91 Å². The fourth-order valence-corrected chi connectivity index (χ4v) is 1.74. The van der Waals surface area contributed by atoms with E-state index in [-0.39, 0.29) is 6.42 Å². The van der Waals surface area contributed by atoms with E-state index in [0.717, 1.165) is 5.56 Å². The summed E-state index contributed by atoms with van der Waals surface area (Å²) >= 11 is 0. The smallest absolute Gasteiger partial charge is 0.326 e. The molecule has 6 nitrogen and oxygen atoms in total. The largest absolute Gasteiger partial charge is 0.481 e. The van der Waals surface area contributed by atoms with E-state index in [0.29, 0.717) is 12.8 Å². The van der Waals surface area contributed by atoms with Gasteiger partial charge in [-0.05, 0) is 18.4 Å². The normalized spacial score (nSPS) is 11.6. The van der Waals surface area contributed by atoms with Crippen LogP contribution in [0.5, 0.6) is 0 Å². The van der Waals surface area contributed by atoms with Crippen LogP contribution in [0.2, 0.25) is 0 Å². The minimum Gasteiger partial charge on any atom is -0.481 e. The van der Waals surface area contributed by atoms with Gasteiger partial charge in [0.1, 0.15) is 6.04 Å². The fourth-order valence-electron chi connectivity index (χ4n) is 1.74. The quantitative estimate of drug-likeness (QED) is 0.660. The number of hydrogen-bond acceptors (Lipinski definition) is 3. The Hall–Kier alpha value is -2.37. The number of amides is 1. The Labute approximate surface area is 116 Å². The van der Waals surface area contributed by atoms with Crippen LogP contribution in [0, 0.1) is 0 Å². The Kier molecular flexibility index (Phi) is 6.22. The SMILES string of the molecule is O=C(O)C[C@@H](NC(=O)CCCc1ccccc1)C(=O)O. The highest BCUT2D eigenvalue weighted by Gasteiger charge is 2.22. The van der Waals surface area contributed by atoms with E-state index in [4.69, 9.17) is 10.2 Å². The first-order valence-electron chi connectivity index (χ1n) is 6.27. The third-order valence-corrected chi connectivity index (χ3v) is 2.72. The molecular formula is C14H17NO5. The van der Waals surface area contributed by atoms with E-state index in [1.807, 2.05) is 30.3 Å². The number of carbonyl (C=O) groups is 3. The van der Waals surface area contributed by atoms with Crippen LogP contribution < -0.4 is 5.32 Å². The van der Waals surface area contributed by atoms with Crippen molar-refractivity contribution in [2.24, 2.45) is 0 Å². The van der Waals surface area contributed by atoms with Crippen LogP contribution in [-0.4, -0.2) is 34.1 Å². The van der Waals surface area contributed by atoms with Gasteiger partial charge in [-0.1, -0.05) is 30.3 Å². The first-order valence-corrected chi connectivity index (χ1v) is 6.27. The maximum absolute atomic E-state index is 11.6. The van der Waals surface area contributed by atoms with Gasteiger partial charge in [-0.15, -0.1) is 0 Å². The van der Waals surface area contributed by atoms with Gasteiger partial charge in [-0.25, -0.2) is 4.79 Å². The molecule has 0 spiro atoms. The molecule has 1 rings (SSSR count). The van der Waals surface area contributed by atoms with E-state index in [1.165, 1.54) is 0 Å². The highest BCUT2D eigenvalue weighted by atomic mass is 16.4. The molecule has 1 aromatic rings. The average Bonchev–Trinajstić information content (AvgIpc) is 2.38. The lowest BCUT2D eigenvalue weighted by atomic mass is 10.1. The Morgan fingerprint density at radius 3 is 2.30 bits per heavy atom. The molecule has 0 bridgehead atoms. The number of carboxylic acid groups (broad SMARTS) is 2. The Bertz CT molecular complexity index is 472. The van der Waals surface area contributed by atoms with Crippen molar-refractivity contribution in [1.82, 2.24) is 5.32 Å². The van der Waals surface area contributed by atoms with Crippen LogP contribution in [0.25, 0.3) is 0 Å². The second kappa shape index (κ2) is 7.93. The van der Waals surface area contributed by atoms with E-state index in [9.17, 15) is 14.4 Å². The predicted octanol–water partition coefficient (Wildman–Crippen LogP) is 1.05. The first-order chi connectivity index (χ1) is 9.49. The van der Waals surface area contributed by atoms with Crippen molar-refractivity contribution >= 4 is 17.8 Å². The Balaban J connectivity index is 2.35. The number of aliphatic carboxylic acids is 2. The molecule has 6 heteroatoms. The molecule has 0 aliphatic rings. The summed E-state index contributed by atoms with van der Waals surface area (Å²) in [5.41, 5.74) is 1.10. The summed E-state index contributed by atoms with van der Waals surface area (Å²) in [4.78, 5) is 32.8. The topological polar surface area (TPSA) is 104 Å². The van der Waals surface area contributed by atoms with Crippen molar-refractivity contribution in [3.8, 4) is 0 Å². The molecule has 0 heterocycles. The molecule has 0 radical (unpaired) electrons. The molecule has 0 saturated heterocycles. The second-order valence-corrected chi connectivity index (χ2v) is 4.40. The van der Waals surface area contributed by atoms with Crippen molar-refractivity contribution in [3.05, 3.63) is 35.9 Å². The summed E-state index contributed by atoms with van der Waals surface area (Å²) in [6.07, 6.45) is 0.832. The van der Waals surface area contributed by atoms with Gasteiger partial charge >= 0.3 is 11.9 Å². The fraction of sp³-hybridized carbons (Fsp3) is 0.357. The van der Waals surface area contributed by atoms with Gasteiger partial charge in [-0.2, -0.15) is 0 Å². The van der Waals surface area contributed by atoms with Crippen LogP contribution >= 0.6 is 0 Å². The third kappa shape index (κ3) is 5.99. The van der Waals surface area contributed by atoms with Gasteiger partial charge in [0, 0.05) is 6.42 Å². The summed E-state index contributed by atoms with van der Waals surface area (Å²) in [7, 11) is 0. The first kappa shape index (κ1) is 15.7. The molecular weight excluding hydrogens is 262 g/mol. The van der Waals surface area contributed by atoms with Gasteiger partial charge in [0.05, 0.1) is 6.42 Å². The number of carbonyl (C=O) groups excluding carboxylic acids is 1. The van der Waals surface area contributed by atoms with E-state index in [2.05, 4.69) is 5.32 Å². The lowest BCUT2D eigenvalue weighted by Crippen LogP contribution is -2.42. The zero-order chi connectivity index (χ0) is 15.0. The van der Waals surface area contributed by atoms with Crippen LogP contribution in [0.4, 0.5) is 0 Å². The van der Waals surface area contributed by atoms with Crippen LogP contribution in [-0.2, 0) is 20.8 Å². The molecule has 1 aromatic carbocycles. The maximum atomic E-state index is 11.6. The summed E-state index contributed by atoms with van der Waals surface area (Å²) in [6, 6.07) is 8.23. The molecule has 0 saturated carbocycles. The van der Waals surface area contributed by atoms with Gasteiger partial charge in [0.15, 0.2) is 0 Å². The molecule has 3 N–H and O–H groups in total. The minimum atomic E-state index is -1.38. The van der Waals surface area contributed by atoms with Crippen LogP contribution in [0.1, 0.15) is 24.8 Å². The summed E-state index contributed by atoms with van der Waals surface area (Å²) in [6.45, 7) is 0. The van der Waals surface area contributed by atoms with Crippen molar-refractivity contribution in [2.75, 3.05) is 0 Å². The number of aryl methyl sites for hydroxylation is 1. The lowest BCUT2D eigenvalue weighted by Gasteiger charge is -2.12. The van der Waals surface area contributed by atoms with Crippen molar-refractivity contribution in [3.63, 3.8) is 0 Å². The second-order valence-electron chi connectivity index (χ2n) is 4.40. The molecule has 1 amide bonds. The zero-order valence-electron chi connectivity index (χ0n) is 10.9. The molecule has 0 aliphatic carbocycles. The molecule has 1 atom stereocenters. The Morgan fingerprint density at radius 1 is 1.10 bits per heavy atom. The highest BCUT2D eigenvalue weighted by molar-refractivity contribution is 5.86. The summed E-state index contributed by atoms with van der Waals surface area (Å²) in [5, 5.41) is 19.6. The Morgan fingerprint density at radius 2 is 1.75 bits per heavy atom. The van der Waals surface area contributed by atoms with E-state index < -0.39 is 30.3 Å². The van der Waals surface area contributed by atoms with Crippen LogP contribution in [0.3, 0.4) is 0 Å². The maximum Gasteiger partial charge on any atom is 0.326 e. The van der Waals surface area contributed by atoms with Crippen molar-refractivity contribution < 1.29 is 24.6 Å². The molecule has 0 aromatic heterocycles. The van der Waals surface area contributed by atoms with Crippen molar-refractivity contribution in [1.29, 1.82) is 0 Å². The highest BCUT2D eigenvalue weighted by Crippen LogP contribution is 2.05. The van der Waals surface area contributed by atoms with Gasteiger partial charge in [-0.3, -0.25) is 9.59 Å². The average molecular weight is 279 g/mol. The molecule has 0 aliphatic heterocycles. The molecule has 20 heavy (non-hydrogen) atoms. The predicted molar refractivity (Wildman–Crippen MR) is 71.2 cm³/mol. The number of rotatable bonds is 8. The minimum absolute atomic E-state index is 0.165. The van der Waals surface area contributed by atoms with E-state index in [1.54, 1.807) is 0 Å². The summed E-state index contributed by atoms with van der Waals surface area (Å²) in [5.74, 6) is -3.06. The molecule has 0 fully saturated rings. The van der Waals surface area contributed by atoms with E-state index >= 15 is 0 Å². The number of nitrogens with one attached hydrogen (secondary N) is 1. The van der Waals surface area contributed by atoms with Gasteiger partial charge in [0.25, 0.3) is 0 Å². The summed E-state index contributed by atoms with van der Waals surface area (Å²) < 4.78 is 0. The van der Waals surface area contributed by atoms with Gasteiger partial charge < -0.3 is 15.5 Å². The zero-order valence-corrected chi connectivity index (χ0v) is 10.9. The number of hydrogen-bond donors (Lipinski definition) is 3. The molecule has 0 unspecified atom stereocenters.